The van der Waals surface area contributed by atoms with Crippen LogP contribution in [0.1, 0.15) is 6.92 Å². The van der Waals surface area contributed by atoms with Gasteiger partial charge in [0.15, 0.2) is 6.23 Å². The Morgan fingerprint density at radius 1 is 1.17 bits per heavy atom. The third-order valence-corrected chi connectivity index (χ3v) is 3.72. The van der Waals surface area contributed by atoms with E-state index in [0.29, 0.717) is 5.75 Å². The molecule has 0 radical (unpaired) electrons. The molecule has 128 valence electrons. The summed E-state index contributed by atoms with van der Waals surface area (Å²) < 4.78 is 36.5. The number of rotatable bonds is 5. The number of hydrogen-bond donors (Lipinski definition) is 4. The maximum absolute atomic E-state index is 11.9. The van der Waals surface area contributed by atoms with Crippen LogP contribution in [-0.4, -0.2) is 30.3 Å². The van der Waals surface area contributed by atoms with Gasteiger partial charge in [-0.25, -0.2) is 4.79 Å². The van der Waals surface area contributed by atoms with Gasteiger partial charge in [-0.05, 0) is 49.4 Å². The third-order valence-electron chi connectivity index (χ3n) is 2.87. The summed E-state index contributed by atoms with van der Waals surface area (Å²) >= 11 is 0. The van der Waals surface area contributed by atoms with Crippen molar-refractivity contribution in [3.8, 4) is 11.5 Å². The van der Waals surface area contributed by atoms with Gasteiger partial charge in [0, 0.05) is 5.69 Å². The topological polar surface area (TPSA) is 125 Å². The van der Waals surface area contributed by atoms with Gasteiger partial charge in [0.25, 0.3) is 10.1 Å². The Morgan fingerprint density at radius 3 is 2.46 bits per heavy atom. The van der Waals surface area contributed by atoms with Gasteiger partial charge in [-0.3, -0.25) is 4.55 Å². The number of carbonyl (C=O) groups excluding carboxylic acids is 1. The van der Waals surface area contributed by atoms with E-state index in [0.717, 1.165) is 6.07 Å². The van der Waals surface area contributed by atoms with Crippen LogP contribution in [0.5, 0.6) is 11.5 Å². The van der Waals surface area contributed by atoms with Crippen LogP contribution in [0.2, 0.25) is 0 Å². The second-order valence-electron chi connectivity index (χ2n) is 4.86. The zero-order chi connectivity index (χ0) is 17.7. The number of anilines is 1. The molecule has 9 heteroatoms. The summed E-state index contributed by atoms with van der Waals surface area (Å²) in [7, 11) is -4.35. The number of nitrogens with one attached hydrogen (secondary N) is 2. The second kappa shape index (κ2) is 7.20. The Bertz CT molecular complexity index is 820. The molecule has 0 aliphatic heterocycles. The van der Waals surface area contributed by atoms with E-state index in [2.05, 4.69) is 10.6 Å². The quantitative estimate of drug-likeness (QED) is 0.483. The summed E-state index contributed by atoms with van der Waals surface area (Å²) in [5.41, 5.74) is 0.194. The lowest BCUT2D eigenvalue weighted by molar-refractivity contribution is 0.183. The minimum atomic E-state index is -4.35. The molecular formula is C15H16N2O6S. The predicted molar refractivity (Wildman–Crippen MR) is 86.6 cm³/mol. The Kier molecular flexibility index (Phi) is 5.27. The van der Waals surface area contributed by atoms with Crippen LogP contribution >= 0.6 is 0 Å². The summed E-state index contributed by atoms with van der Waals surface area (Å²) in [6.45, 7) is 1.60. The van der Waals surface area contributed by atoms with E-state index in [1.807, 2.05) is 0 Å². The fraction of sp³-hybridized carbons (Fsp3) is 0.133. The number of urea groups is 1. The van der Waals surface area contributed by atoms with Gasteiger partial charge in [-0.15, -0.1) is 0 Å². The second-order valence-corrected chi connectivity index (χ2v) is 6.28. The van der Waals surface area contributed by atoms with Crippen molar-refractivity contribution in [2.45, 2.75) is 18.0 Å². The van der Waals surface area contributed by atoms with E-state index in [-0.39, 0.29) is 16.3 Å². The van der Waals surface area contributed by atoms with Crippen molar-refractivity contribution in [1.29, 1.82) is 0 Å². The molecule has 2 aromatic rings. The first-order valence-corrected chi connectivity index (χ1v) is 8.29. The van der Waals surface area contributed by atoms with Crippen molar-refractivity contribution in [3.05, 3.63) is 48.5 Å². The smallest absolute Gasteiger partial charge is 0.322 e. The molecule has 4 N–H and O–H groups in total. The van der Waals surface area contributed by atoms with Crippen LogP contribution in [0, 0.1) is 0 Å². The Morgan fingerprint density at radius 2 is 1.83 bits per heavy atom. The molecule has 0 saturated carbocycles. The molecule has 0 saturated heterocycles. The average Bonchev–Trinajstić information content (AvgIpc) is 2.49. The van der Waals surface area contributed by atoms with E-state index in [4.69, 9.17) is 9.29 Å². The molecule has 1 atom stereocenters. The summed E-state index contributed by atoms with van der Waals surface area (Å²) in [6.07, 6.45) is -0.681. The Hall–Kier alpha value is -2.78. The number of benzene rings is 2. The molecule has 1 unspecified atom stereocenters. The van der Waals surface area contributed by atoms with Gasteiger partial charge < -0.3 is 20.5 Å². The van der Waals surface area contributed by atoms with Crippen molar-refractivity contribution in [2.75, 3.05) is 5.32 Å². The lowest BCUT2D eigenvalue weighted by Gasteiger charge is -2.17. The molecule has 0 bridgehead atoms. The first-order valence-electron chi connectivity index (χ1n) is 6.85. The van der Waals surface area contributed by atoms with E-state index in [1.54, 1.807) is 19.1 Å². The van der Waals surface area contributed by atoms with Gasteiger partial charge in [0.2, 0.25) is 0 Å². The zero-order valence-corrected chi connectivity index (χ0v) is 13.4. The average molecular weight is 352 g/mol. The lowest BCUT2D eigenvalue weighted by Crippen LogP contribution is -2.39. The molecule has 0 aliphatic carbocycles. The third kappa shape index (κ3) is 5.14. The highest BCUT2D eigenvalue weighted by molar-refractivity contribution is 7.85. The number of aromatic hydroxyl groups is 1. The van der Waals surface area contributed by atoms with Crippen molar-refractivity contribution in [3.63, 3.8) is 0 Å². The molecule has 24 heavy (non-hydrogen) atoms. The molecule has 0 aliphatic rings. The summed E-state index contributed by atoms with van der Waals surface area (Å²) in [5.74, 6) is 0.549. The van der Waals surface area contributed by atoms with Crippen LogP contribution in [0.4, 0.5) is 10.5 Å². The molecule has 2 rings (SSSR count). The van der Waals surface area contributed by atoms with Gasteiger partial charge in [0.05, 0.1) is 4.90 Å². The molecular weight excluding hydrogens is 336 g/mol. The summed E-state index contributed by atoms with van der Waals surface area (Å²) in [6, 6.07) is 10.5. The highest BCUT2D eigenvalue weighted by atomic mass is 32.2. The normalized spacial score (nSPS) is 12.2. The van der Waals surface area contributed by atoms with Crippen LogP contribution in [0.3, 0.4) is 0 Å². The van der Waals surface area contributed by atoms with Crippen molar-refractivity contribution in [2.24, 2.45) is 0 Å². The van der Waals surface area contributed by atoms with E-state index >= 15 is 0 Å². The molecule has 2 aromatic carbocycles. The molecule has 0 heterocycles. The monoisotopic (exact) mass is 352 g/mol. The van der Waals surface area contributed by atoms with Gasteiger partial charge in [-0.2, -0.15) is 8.42 Å². The first kappa shape index (κ1) is 17.6. The number of phenolic OH excluding ortho intramolecular Hbond substituents is 1. The SMILES string of the molecule is CC(NC(=O)Nc1cccc(S(=O)(=O)O)c1)Oc1ccc(O)cc1. The van der Waals surface area contributed by atoms with Gasteiger partial charge >= 0.3 is 6.03 Å². The molecule has 0 spiro atoms. The Labute approximate surface area is 138 Å². The number of amides is 2. The van der Waals surface area contributed by atoms with E-state index < -0.39 is 22.4 Å². The van der Waals surface area contributed by atoms with Crippen molar-refractivity contribution < 1.29 is 27.6 Å². The van der Waals surface area contributed by atoms with Crippen LogP contribution in [-0.2, 0) is 10.1 Å². The van der Waals surface area contributed by atoms with Crippen LogP contribution < -0.4 is 15.4 Å². The van der Waals surface area contributed by atoms with Gasteiger partial charge in [-0.1, -0.05) is 6.07 Å². The summed E-state index contributed by atoms with van der Waals surface area (Å²) in [5, 5.41) is 14.1. The molecule has 0 aromatic heterocycles. The predicted octanol–water partition coefficient (Wildman–Crippen LogP) is 2.19. The standard InChI is InChI=1S/C15H16N2O6S/c1-10(23-13-7-5-12(18)6-8-13)16-15(19)17-11-3-2-4-14(9-11)24(20,21)22/h2-10,18H,1H3,(H2,16,17,19)(H,20,21,22). The minimum absolute atomic E-state index is 0.0967. The largest absolute Gasteiger partial charge is 0.508 e. The zero-order valence-electron chi connectivity index (χ0n) is 12.6. The fourth-order valence-corrected chi connectivity index (χ4v) is 2.37. The van der Waals surface area contributed by atoms with Crippen LogP contribution in [0.15, 0.2) is 53.4 Å². The van der Waals surface area contributed by atoms with Crippen LogP contribution in [0.25, 0.3) is 0 Å². The fourth-order valence-electron chi connectivity index (χ4n) is 1.84. The Balaban J connectivity index is 1.94. The van der Waals surface area contributed by atoms with Crippen molar-refractivity contribution >= 4 is 21.8 Å². The molecule has 2 amide bonds. The number of ether oxygens (including phenoxy) is 1. The highest BCUT2D eigenvalue weighted by Gasteiger charge is 2.12. The maximum Gasteiger partial charge on any atom is 0.322 e. The molecule has 0 fully saturated rings. The highest BCUT2D eigenvalue weighted by Crippen LogP contribution is 2.17. The first-order chi connectivity index (χ1) is 11.2. The maximum atomic E-state index is 11.9. The van der Waals surface area contributed by atoms with E-state index in [1.165, 1.54) is 30.3 Å². The van der Waals surface area contributed by atoms with Gasteiger partial charge in [0.1, 0.15) is 11.5 Å². The minimum Gasteiger partial charge on any atom is -0.508 e. The number of phenols is 1. The molecule has 8 nitrogen and oxygen atoms in total. The summed E-state index contributed by atoms with van der Waals surface area (Å²) in [4.78, 5) is 11.5. The lowest BCUT2D eigenvalue weighted by atomic mass is 10.3. The number of carbonyl (C=O) groups is 1. The van der Waals surface area contributed by atoms with Crippen molar-refractivity contribution in [1.82, 2.24) is 5.32 Å². The van der Waals surface area contributed by atoms with E-state index in [9.17, 15) is 18.3 Å². The number of hydrogen-bond acceptors (Lipinski definition) is 5.